The van der Waals surface area contributed by atoms with Gasteiger partial charge in [-0.2, -0.15) is 18.2 Å². The van der Waals surface area contributed by atoms with Gasteiger partial charge in [0.25, 0.3) is 0 Å². The molecule has 0 fully saturated rings. The average molecular weight is 646 g/mol. The van der Waals surface area contributed by atoms with Gasteiger partial charge in [0.05, 0.1) is 5.41 Å². The normalized spacial score (nSPS) is 15.9. The fourth-order valence-corrected chi connectivity index (χ4v) is 4.94. The summed E-state index contributed by atoms with van der Waals surface area (Å²) in [5.41, 5.74) is 6.47. The molecule has 2 heterocycles. The number of benzene rings is 2. The van der Waals surface area contributed by atoms with E-state index in [1.807, 2.05) is 30.3 Å². The average Bonchev–Trinajstić information content (AvgIpc) is 3.22. The summed E-state index contributed by atoms with van der Waals surface area (Å²) < 4.78 is 2.08. The van der Waals surface area contributed by atoms with Crippen LogP contribution in [0.2, 0.25) is 0 Å². The van der Waals surface area contributed by atoms with E-state index < -0.39 is 0 Å². The molecule has 0 amide bonds. The van der Waals surface area contributed by atoms with Gasteiger partial charge in [-0.1, -0.05) is 52.3 Å². The van der Waals surface area contributed by atoms with Gasteiger partial charge >= 0.3 is 21.1 Å². The largest absolute Gasteiger partial charge is 2.00 e. The van der Waals surface area contributed by atoms with Crippen molar-refractivity contribution >= 4 is 5.69 Å². The molecule has 0 N–H and O–H groups in total. The van der Waals surface area contributed by atoms with Crippen molar-refractivity contribution in [3.8, 4) is 11.3 Å². The second kappa shape index (κ2) is 11.1. The quantitative estimate of drug-likeness (QED) is 0.189. The Morgan fingerprint density at radius 1 is 0.943 bits per heavy atom. The van der Waals surface area contributed by atoms with Crippen LogP contribution >= 0.6 is 0 Å². The molecule has 0 spiro atoms. The molecule has 1 unspecified atom stereocenters. The molecule has 1 aliphatic rings. The molecule has 35 heavy (non-hydrogen) atoms. The second-order valence-electron chi connectivity index (χ2n) is 10.5. The first-order valence-corrected chi connectivity index (χ1v) is 12.4. The molecule has 0 aliphatic carbocycles. The van der Waals surface area contributed by atoms with E-state index in [4.69, 9.17) is 10.1 Å². The van der Waals surface area contributed by atoms with Crippen molar-refractivity contribution in [3.05, 3.63) is 95.8 Å². The minimum Gasteiger partial charge on any atom is -0.300 e. The minimum atomic E-state index is -0.255. The molecule has 1 aromatic heterocycles. The smallest absolute Gasteiger partial charge is 0.300 e. The van der Waals surface area contributed by atoms with Crippen LogP contribution in [0.1, 0.15) is 65.6 Å². The first kappa shape index (κ1) is 27.2. The Morgan fingerprint density at radius 3 is 2.20 bits per heavy atom. The number of pyridine rings is 1. The van der Waals surface area contributed by atoms with Crippen LogP contribution in [0, 0.1) is 17.5 Å². The number of hydrogen-bond acceptors (Lipinski definition) is 2. The van der Waals surface area contributed by atoms with E-state index in [1.165, 1.54) is 5.56 Å². The number of azo groups is 2. The Hall–Kier alpha value is -2.38. The summed E-state index contributed by atoms with van der Waals surface area (Å²) in [6.45, 7) is 13.6. The Bertz CT molecular complexity index is 1190. The summed E-state index contributed by atoms with van der Waals surface area (Å²) in [5, 5.41) is 5.15. The predicted molar refractivity (Wildman–Crippen MR) is 139 cm³/mol. The van der Waals surface area contributed by atoms with Gasteiger partial charge in [0.15, 0.2) is 6.04 Å². The fraction of sp³-hybridized carbons (Fsp3) is 0.387. The molecule has 184 valence electrons. The summed E-state index contributed by atoms with van der Waals surface area (Å²) >= 11 is 0. The Labute approximate surface area is 225 Å². The molecule has 3 aromatic rings. The minimum absolute atomic E-state index is 0. The van der Waals surface area contributed by atoms with E-state index >= 15 is 0 Å². The van der Waals surface area contributed by atoms with E-state index in [2.05, 4.69) is 94.8 Å². The van der Waals surface area contributed by atoms with Gasteiger partial charge in [-0.15, -0.1) is 46.7 Å². The van der Waals surface area contributed by atoms with Crippen molar-refractivity contribution in [1.82, 2.24) is 4.98 Å². The Morgan fingerprint density at radius 2 is 1.63 bits per heavy atom. The third-order valence-corrected chi connectivity index (χ3v) is 6.73. The molecule has 0 radical (unpaired) electrons. The zero-order chi connectivity index (χ0) is 24.3. The molecule has 4 rings (SSSR count). The fourth-order valence-electron chi connectivity index (χ4n) is 4.94. The summed E-state index contributed by atoms with van der Waals surface area (Å²) in [6, 6.07) is 27.6. The standard InChI is InChI=1S/C31H36N3.Pt/c1-7-31(8-2,29-19-23(3)34(33-29)26-17-13-10-14-18-26)28-21-24(22-30(4,5)6)20-27(32-28)25-15-11-9-12-16-25;/h9-15,17,19-21,23H,7-8,22H2,1-6H3;/q-1;+2. The van der Waals surface area contributed by atoms with E-state index in [9.17, 15) is 0 Å². The van der Waals surface area contributed by atoms with Crippen molar-refractivity contribution < 1.29 is 25.8 Å². The first-order chi connectivity index (χ1) is 16.3. The molecule has 0 bridgehead atoms. The summed E-state index contributed by atoms with van der Waals surface area (Å²) in [5.74, 6) is 0. The van der Waals surface area contributed by atoms with Gasteiger partial charge in [0, 0.05) is 18.7 Å². The van der Waals surface area contributed by atoms with Gasteiger partial charge < -0.3 is 4.98 Å². The van der Waals surface area contributed by atoms with Gasteiger partial charge in [0.1, 0.15) is 11.4 Å². The Balaban J connectivity index is 0.00000342. The van der Waals surface area contributed by atoms with Crippen molar-refractivity contribution in [2.75, 3.05) is 0 Å². The maximum Gasteiger partial charge on any atom is 2.00 e. The van der Waals surface area contributed by atoms with Crippen molar-refractivity contribution in [2.45, 2.75) is 72.3 Å². The van der Waals surface area contributed by atoms with Crippen LogP contribution in [-0.4, -0.2) is 15.7 Å². The maximum atomic E-state index is 5.26. The number of para-hydroxylation sites is 1. The third kappa shape index (κ3) is 5.89. The SMILES string of the molecule is CCC(CC)(C1=CC(C)[N+](c2[c-]cccc2)=N1)c1cc(CC(C)(C)C)cc(-c2[c-]cccc2)n1.[Pt+2]. The molecule has 0 saturated heterocycles. The Kier molecular flexibility index (Phi) is 8.65. The molecule has 2 aromatic carbocycles. The van der Waals surface area contributed by atoms with Crippen molar-refractivity contribution in [3.63, 3.8) is 0 Å². The predicted octanol–water partition coefficient (Wildman–Crippen LogP) is 8.08. The second-order valence-corrected chi connectivity index (χ2v) is 10.5. The molecular formula is C31H36N3Pt+. The molecule has 4 heteroatoms. The number of allylic oxidation sites excluding steroid dienone is 1. The summed E-state index contributed by atoms with van der Waals surface area (Å²) in [6.07, 6.45) is 5.16. The number of nitrogens with zero attached hydrogens (tertiary/aromatic N) is 3. The molecule has 3 nitrogen and oxygen atoms in total. The first-order valence-electron chi connectivity index (χ1n) is 12.4. The molecule has 1 atom stereocenters. The van der Waals surface area contributed by atoms with E-state index in [-0.39, 0.29) is 37.9 Å². The maximum absolute atomic E-state index is 5.26. The third-order valence-electron chi connectivity index (χ3n) is 6.73. The monoisotopic (exact) mass is 645 g/mol. The zero-order valence-electron chi connectivity index (χ0n) is 21.7. The topological polar surface area (TPSA) is 28.3 Å². The van der Waals surface area contributed by atoms with E-state index in [0.29, 0.717) is 0 Å². The molecule has 1 aliphatic heterocycles. The summed E-state index contributed by atoms with van der Waals surface area (Å²) in [7, 11) is 0. The van der Waals surface area contributed by atoms with Crippen molar-refractivity contribution in [1.29, 1.82) is 0 Å². The zero-order valence-corrected chi connectivity index (χ0v) is 24.0. The molecule has 0 saturated carbocycles. The molecular weight excluding hydrogens is 609 g/mol. The van der Waals surface area contributed by atoms with Crippen LogP contribution in [0.3, 0.4) is 0 Å². The van der Waals surface area contributed by atoms with Crippen LogP contribution in [-0.2, 0) is 32.9 Å². The van der Waals surface area contributed by atoms with Crippen LogP contribution < -0.4 is 0 Å². The van der Waals surface area contributed by atoms with Gasteiger partial charge in [-0.3, -0.25) is 0 Å². The van der Waals surface area contributed by atoms with Crippen LogP contribution in [0.25, 0.3) is 11.3 Å². The van der Waals surface area contributed by atoms with Crippen LogP contribution in [0.4, 0.5) is 5.69 Å². The van der Waals surface area contributed by atoms with E-state index in [0.717, 1.165) is 47.6 Å². The van der Waals surface area contributed by atoms with Crippen LogP contribution in [0.15, 0.2) is 77.6 Å². The van der Waals surface area contributed by atoms with E-state index in [1.54, 1.807) is 0 Å². The number of rotatable bonds is 7. The van der Waals surface area contributed by atoms with Gasteiger partial charge in [-0.25, -0.2) is 0 Å². The number of hydrogen-bond donors (Lipinski definition) is 0. The summed E-state index contributed by atoms with van der Waals surface area (Å²) in [4.78, 5) is 5.26. The van der Waals surface area contributed by atoms with Crippen LogP contribution in [0.5, 0.6) is 0 Å². The van der Waals surface area contributed by atoms with Gasteiger partial charge in [0.2, 0.25) is 0 Å². The van der Waals surface area contributed by atoms with Gasteiger partial charge in [-0.05, 0) is 41.6 Å². The van der Waals surface area contributed by atoms with Crippen molar-refractivity contribution in [2.24, 2.45) is 10.5 Å². The number of aromatic nitrogens is 1.